The summed E-state index contributed by atoms with van der Waals surface area (Å²) in [6.45, 7) is 0.655. The molecule has 1 amide bonds. The molecular formula is C20H20N4O2. The highest BCUT2D eigenvalue weighted by Crippen LogP contribution is 2.32. The summed E-state index contributed by atoms with van der Waals surface area (Å²) in [5.41, 5.74) is 3.30. The molecule has 6 heteroatoms. The van der Waals surface area contributed by atoms with Crippen molar-refractivity contribution >= 4 is 5.91 Å². The molecule has 0 spiro atoms. The third kappa shape index (κ3) is 3.18. The second-order valence-corrected chi connectivity index (χ2v) is 6.53. The van der Waals surface area contributed by atoms with E-state index in [0.29, 0.717) is 6.54 Å². The molecule has 4 rings (SSSR count). The van der Waals surface area contributed by atoms with Crippen molar-refractivity contribution in [1.29, 1.82) is 0 Å². The van der Waals surface area contributed by atoms with E-state index in [9.17, 15) is 9.59 Å². The van der Waals surface area contributed by atoms with Gasteiger partial charge in [-0.3, -0.25) is 9.36 Å². The van der Waals surface area contributed by atoms with E-state index in [4.69, 9.17) is 0 Å². The zero-order valence-electron chi connectivity index (χ0n) is 14.3. The first kappa shape index (κ1) is 16.3. The quantitative estimate of drug-likeness (QED) is 0.783. The van der Waals surface area contributed by atoms with Crippen molar-refractivity contribution in [2.24, 2.45) is 0 Å². The lowest BCUT2D eigenvalue weighted by Crippen LogP contribution is -2.43. The summed E-state index contributed by atoms with van der Waals surface area (Å²) in [5.74, 6) is -0.0658. The number of fused-ring (bicyclic) bond motifs is 1. The fourth-order valence-electron chi connectivity index (χ4n) is 3.63. The van der Waals surface area contributed by atoms with Crippen LogP contribution in [0.1, 0.15) is 22.7 Å². The standard InChI is InChI=1S/C20H20N4O2/c25-19(13-23-14-21-22-20(23)26)24-11-10-16-8-4-5-9-17(16)18(24)12-15-6-2-1-3-7-15/h1-9,14,18H,10-13H2,(H,22,26)/t18-/m1/s1. The van der Waals surface area contributed by atoms with Gasteiger partial charge in [-0.2, -0.15) is 5.10 Å². The minimum Gasteiger partial charge on any atom is -0.333 e. The molecule has 1 aromatic heterocycles. The highest BCUT2D eigenvalue weighted by Gasteiger charge is 2.30. The molecule has 2 heterocycles. The number of rotatable bonds is 4. The molecule has 0 saturated heterocycles. The molecule has 0 saturated carbocycles. The van der Waals surface area contributed by atoms with Crippen LogP contribution in [-0.4, -0.2) is 32.1 Å². The van der Waals surface area contributed by atoms with Crippen LogP contribution in [0.25, 0.3) is 0 Å². The molecule has 26 heavy (non-hydrogen) atoms. The van der Waals surface area contributed by atoms with Crippen LogP contribution >= 0.6 is 0 Å². The summed E-state index contributed by atoms with van der Waals surface area (Å²) in [5, 5.41) is 6.03. The lowest BCUT2D eigenvalue weighted by atomic mass is 9.88. The van der Waals surface area contributed by atoms with E-state index in [0.717, 1.165) is 12.8 Å². The maximum atomic E-state index is 13.0. The normalized spacial score (nSPS) is 16.3. The zero-order valence-corrected chi connectivity index (χ0v) is 14.3. The van der Waals surface area contributed by atoms with Gasteiger partial charge in [-0.25, -0.2) is 9.89 Å². The Morgan fingerprint density at radius 2 is 1.88 bits per heavy atom. The second kappa shape index (κ2) is 7.00. The van der Waals surface area contributed by atoms with Gasteiger partial charge in [0.25, 0.3) is 0 Å². The fraction of sp³-hybridized carbons (Fsp3) is 0.250. The number of H-pyrrole nitrogens is 1. The number of nitrogens with one attached hydrogen (secondary N) is 1. The van der Waals surface area contributed by atoms with E-state index in [1.165, 1.54) is 27.6 Å². The van der Waals surface area contributed by atoms with E-state index in [1.54, 1.807) is 0 Å². The van der Waals surface area contributed by atoms with Crippen LogP contribution < -0.4 is 5.69 Å². The van der Waals surface area contributed by atoms with Gasteiger partial charge in [-0.15, -0.1) is 0 Å². The SMILES string of the molecule is O=C(Cn1cn[nH]c1=O)N1CCc2ccccc2[C@H]1Cc1ccccc1. The largest absolute Gasteiger partial charge is 0.343 e. The van der Waals surface area contributed by atoms with Crippen LogP contribution in [-0.2, 0) is 24.2 Å². The maximum absolute atomic E-state index is 13.0. The lowest BCUT2D eigenvalue weighted by Gasteiger charge is -2.37. The Hall–Kier alpha value is -3.15. The number of aromatic nitrogens is 3. The molecule has 1 N–H and O–H groups in total. The molecule has 3 aromatic rings. The third-order valence-electron chi connectivity index (χ3n) is 4.93. The molecule has 1 aliphatic rings. The van der Waals surface area contributed by atoms with Gasteiger partial charge in [-0.05, 0) is 29.5 Å². The van der Waals surface area contributed by atoms with E-state index >= 15 is 0 Å². The highest BCUT2D eigenvalue weighted by molar-refractivity contribution is 5.77. The van der Waals surface area contributed by atoms with E-state index in [1.807, 2.05) is 35.2 Å². The second-order valence-electron chi connectivity index (χ2n) is 6.53. The van der Waals surface area contributed by atoms with Gasteiger partial charge in [0, 0.05) is 6.54 Å². The maximum Gasteiger partial charge on any atom is 0.343 e. The number of hydrogen-bond donors (Lipinski definition) is 1. The van der Waals surface area contributed by atoms with Crippen LogP contribution in [0.4, 0.5) is 0 Å². The smallest absolute Gasteiger partial charge is 0.333 e. The van der Waals surface area contributed by atoms with Crippen molar-refractivity contribution in [2.75, 3.05) is 6.54 Å². The molecule has 2 aromatic carbocycles. The van der Waals surface area contributed by atoms with Crippen molar-refractivity contribution in [3.05, 3.63) is 88.1 Å². The van der Waals surface area contributed by atoms with Gasteiger partial charge in [0.2, 0.25) is 5.91 Å². The number of amides is 1. The van der Waals surface area contributed by atoms with Gasteiger partial charge in [0.05, 0.1) is 6.04 Å². The van der Waals surface area contributed by atoms with Crippen LogP contribution in [0.15, 0.2) is 65.7 Å². The highest BCUT2D eigenvalue weighted by atomic mass is 16.2. The summed E-state index contributed by atoms with van der Waals surface area (Å²) >= 11 is 0. The molecule has 132 valence electrons. The fourth-order valence-corrected chi connectivity index (χ4v) is 3.63. The van der Waals surface area contributed by atoms with Crippen molar-refractivity contribution < 1.29 is 4.79 Å². The molecule has 0 bridgehead atoms. The Labute approximate surface area is 151 Å². The third-order valence-corrected chi connectivity index (χ3v) is 4.93. The van der Waals surface area contributed by atoms with Crippen molar-refractivity contribution in [3.63, 3.8) is 0 Å². The number of hydrogen-bond acceptors (Lipinski definition) is 3. The van der Waals surface area contributed by atoms with Crippen LogP contribution in [0.3, 0.4) is 0 Å². The van der Waals surface area contributed by atoms with Gasteiger partial charge in [0.1, 0.15) is 12.9 Å². The predicted octanol–water partition coefficient (Wildman–Crippen LogP) is 1.94. The predicted molar refractivity (Wildman–Crippen MR) is 97.6 cm³/mol. The van der Waals surface area contributed by atoms with Gasteiger partial charge < -0.3 is 4.90 Å². The summed E-state index contributed by atoms with van der Waals surface area (Å²) < 4.78 is 1.31. The molecule has 0 fully saturated rings. The minimum absolute atomic E-state index is 0.00277. The Morgan fingerprint density at radius 1 is 1.12 bits per heavy atom. The molecular weight excluding hydrogens is 328 g/mol. The topological polar surface area (TPSA) is 71.0 Å². The van der Waals surface area contributed by atoms with E-state index in [2.05, 4.69) is 34.5 Å². The van der Waals surface area contributed by atoms with Crippen molar-refractivity contribution in [1.82, 2.24) is 19.7 Å². The molecule has 0 unspecified atom stereocenters. The Kier molecular flexibility index (Phi) is 4.39. The first-order chi connectivity index (χ1) is 12.7. The van der Waals surface area contributed by atoms with Gasteiger partial charge in [-0.1, -0.05) is 54.6 Å². The molecule has 1 atom stereocenters. The first-order valence-electron chi connectivity index (χ1n) is 8.73. The van der Waals surface area contributed by atoms with Gasteiger partial charge >= 0.3 is 5.69 Å². The number of benzene rings is 2. The summed E-state index contributed by atoms with van der Waals surface area (Å²) in [7, 11) is 0. The number of nitrogens with zero attached hydrogens (tertiary/aromatic N) is 3. The number of aromatic amines is 1. The summed E-state index contributed by atoms with van der Waals surface area (Å²) in [4.78, 5) is 26.5. The number of carbonyl (C=O) groups excluding carboxylic acids is 1. The van der Waals surface area contributed by atoms with E-state index in [-0.39, 0.29) is 24.2 Å². The molecule has 0 aliphatic carbocycles. The summed E-state index contributed by atoms with van der Waals surface area (Å²) in [6.07, 6.45) is 2.95. The van der Waals surface area contributed by atoms with E-state index < -0.39 is 0 Å². The Morgan fingerprint density at radius 3 is 2.65 bits per heavy atom. The first-order valence-corrected chi connectivity index (χ1v) is 8.73. The molecule has 1 aliphatic heterocycles. The average molecular weight is 348 g/mol. The molecule has 6 nitrogen and oxygen atoms in total. The molecule has 0 radical (unpaired) electrons. The van der Waals surface area contributed by atoms with Crippen molar-refractivity contribution in [3.8, 4) is 0 Å². The van der Waals surface area contributed by atoms with Crippen LogP contribution in [0.2, 0.25) is 0 Å². The van der Waals surface area contributed by atoms with Crippen LogP contribution in [0.5, 0.6) is 0 Å². The summed E-state index contributed by atoms with van der Waals surface area (Å²) in [6, 6.07) is 18.5. The monoisotopic (exact) mass is 348 g/mol. The Balaban J connectivity index is 1.65. The number of carbonyl (C=O) groups is 1. The van der Waals surface area contributed by atoms with Crippen molar-refractivity contribution in [2.45, 2.75) is 25.4 Å². The Bertz CT molecular complexity index is 961. The minimum atomic E-state index is -0.365. The van der Waals surface area contributed by atoms with Crippen LogP contribution in [0, 0.1) is 0 Å². The van der Waals surface area contributed by atoms with Gasteiger partial charge in [0.15, 0.2) is 0 Å². The average Bonchev–Trinajstić information content (AvgIpc) is 3.07. The lowest BCUT2D eigenvalue weighted by molar-refractivity contribution is -0.134. The zero-order chi connectivity index (χ0) is 17.9.